The van der Waals surface area contributed by atoms with Crippen LogP contribution in [0.25, 0.3) is 0 Å². The van der Waals surface area contributed by atoms with E-state index in [-0.39, 0.29) is 5.69 Å². The lowest BCUT2D eigenvalue weighted by atomic mass is 10.2. The molecular formula is C12H14N4O2. The minimum Gasteiger partial charge on any atom is -0.274 e. The van der Waals surface area contributed by atoms with E-state index in [1.165, 1.54) is 0 Å². The monoisotopic (exact) mass is 246 g/mol. The third kappa shape index (κ3) is 3.14. The Morgan fingerprint density at radius 1 is 1.39 bits per heavy atom. The van der Waals surface area contributed by atoms with Crippen molar-refractivity contribution >= 4 is 5.91 Å². The molecule has 2 rings (SSSR count). The molecule has 1 heterocycles. The maximum atomic E-state index is 11.5. The zero-order chi connectivity index (χ0) is 12.8. The number of hydroxylamine groups is 1. The molecule has 1 aromatic carbocycles. The predicted octanol–water partition coefficient (Wildman–Crippen LogP) is 1.01. The highest BCUT2D eigenvalue weighted by atomic mass is 16.6. The number of hydrogen-bond donors (Lipinski definition) is 1. The number of aromatic nitrogens is 3. The van der Waals surface area contributed by atoms with Crippen LogP contribution in [0.3, 0.4) is 0 Å². The summed E-state index contributed by atoms with van der Waals surface area (Å²) in [6.45, 7) is 2.77. The highest BCUT2D eigenvalue weighted by Gasteiger charge is 2.10. The Morgan fingerprint density at radius 3 is 2.89 bits per heavy atom. The molecule has 1 amide bonds. The van der Waals surface area contributed by atoms with Gasteiger partial charge in [0.1, 0.15) is 0 Å². The van der Waals surface area contributed by atoms with Crippen molar-refractivity contribution in [3.63, 3.8) is 0 Å². The van der Waals surface area contributed by atoms with Gasteiger partial charge in [-0.2, -0.15) is 0 Å². The van der Waals surface area contributed by atoms with Gasteiger partial charge >= 0.3 is 0 Å². The second-order valence-corrected chi connectivity index (χ2v) is 3.65. The van der Waals surface area contributed by atoms with Crippen LogP contribution in [0, 0.1) is 0 Å². The normalized spacial score (nSPS) is 10.3. The van der Waals surface area contributed by atoms with E-state index in [1.807, 2.05) is 30.3 Å². The summed E-state index contributed by atoms with van der Waals surface area (Å²) in [6.07, 6.45) is 1.58. The molecule has 1 aromatic heterocycles. The van der Waals surface area contributed by atoms with Gasteiger partial charge in [-0.05, 0) is 12.5 Å². The summed E-state index contributed by atoms with van der Waals surface area (Å²) in [5, 5.41) is 7.68. The topological polar surface area (TPSA) is 69.0 Å². The van der Waals surface area contributed by atoms with E-state index in [9.17, 15) is 4.79 Å². The second kappa shape index (κ2) is 5.92. The molecule has 0 fully saturated rings. The zero-order valence-corrected chi connectivity index (χ0v) is 10.0. The third-order valence-electron chi connectivity index (χ3n) is 2.27. The maximum absolute atomic E-state index is 11.5. The standard InChI is InChI=1S/C12H14N4O2/c1-2-18-14-12(17)11-9-16(15-13-11)8-10-6-4-3-5-7-10/h3-7,9H,2,8H2,1H3,(H,14,17). The lowest BCUT2D eigenvalue weighted by Gasteiger charge is -2.00. The molecule has 0 aliphatic carbocycles. The van der Waals surface area contributed by atoms with E-state index < -0.39 is 5.91 Å². The summed E-state index contributed by atoms with van der Waals surface area (Å²) in [7, 11) is 0. The molecule has 0 radical (unpaired) electrons. The molecule has 0 atom stereocenters. The van der Waals surface area contributed by atoms with E-state index in [2.05, 4.69) is 15.8 Å². The molecule has 0 saturated carbocycles. The molecule has 0 aliphatic rings. The van der Waals surface area contributed by atoms with Crippen molar-refractivity contribution in [2.24, 2.45) is 0 Å². The average molecular weight is 246 g/mol. The van der Waals surface area contributed by atoms with Gasteiger partial charge in [-0.1, -0.05) is 35.5 Å². The quantitative estimate of drug-likeness (QED) is 0.799. The first-order chi connectivity index (χ1) is 8.79. The molecule has 6 nitrogen and oxygen atoms in total. The van der Waals surface area contributed by atoms with Crippen LogP contribution in [-0.2, 0) is 11.4 Å². The molecule has 94 valence electrons. The molecule has 0 unspecified atom stereocenters. The Labute approximate surface area is 105 Å². The summed E-state index contributed by atoms with van der Waals surface area (Å²) in [5.41, 5.74) is 3.60. The zero-order valence-electron chi connectivity index (χ0n) is 10.0. The van der Waals surface area contributed by atoms with Crippen molar-refractivity contribution in [2.45, 2.75) is 13.5 Å². The van der Waals surface area contributed by atoms with Crippen LogP contribution < -0.4 is 5.48 Å². The molecule has 1 N–H and O–H groups in total. The van der Waals surface area contributed by atoms with Crippen molar-refractivity contribution in [1.82, 2.24) is 20.5 Å². The first-order valence-electron chi connectivity index (χ1n) is 5.65. The van der Waals surface area contributed by atoms with Crippen LogP contribution in [0.15, 0.2) is 36.5 Å². The lowest BCUT2D eigenvalue weighted by Crippen LogP contribution is -2.23. The predicted molar refractivity (Wildman–Crippen MR) is 64.7 cm³/mol. The van der Waals surface area contributed by atoms with Crippen molar-refractivity contribution < 1.29 is 9.63 Å². The molecule has 6 heteroatoms. The van der Waals surface area contributed by atoms with Gasteiger partial charge in [0.2, 0.25) is 0 Å². The van der Waals surface area contributed by atoms with Crippen LogP contribution in [0.2, 0.25) is 0 Å². The smallest absolute Gasteiger partial charge is 0.274 e. The van der Waals surface area contributed by atoms with Crippen molar-refractivity contribution in [1.29, 1.82) is 0 Å². The summed E-state index contributed by atoms with van der Waals surface area (Å²) >= 11 is 0. The number of benzene rings is 1. The van der Waals surface area contributed by atoms with Gasteiger partial charge in [0.05, 0.1) is 19.3 Å². The number of nitrogens with one attached hydrogen (secondary N) is 1. The fraction of sp³-hybridized carbons (Fsp3) is 0.250. The van der Waals surface area contributed by atoms with E-state index in [0.29, 0.717) is 13.2 Å². The van der Waals surface area contributed by atoms with Crippen LogP contribution >= 0.6 is 0 Å². The molecular weight excluding hydrogens is 232 g/mol. The molecule has 2 aromatic rings. The van der Waals surface area contributed by atoms with Crippen molar-refractivity contribution in [2.75, 3.05) is 6.61 Å². The van der Waals surface area contributed by atoms with E-state index in [0.717, 1.165) is 5.56 Å². The maximum Gasteiger partial charge on any atom is 0.296 e. The van der Waals surface area contributed by atoms with Gasteiger partial charge in [0.25, 0.3) is 5.91 Å². The first kappa shape index (κ1) is 12.3. The van der Waals surface area contributed by atoms with Crippen molar-refractivity contribution in [3.8, 4) is 0 Å². The van der Waals surface area contributed by atoms with E-state index in [1.54, 1.807) is 17.8 Å². The average Bonchev–Trinajstić information content (AvgIpc) is 2.86. The third-order valence-corrected chi connectivity index (χ3v) is 2.27. The number of carbonyl (C=O) groups is 1. The van der Waals surface area contributed by atoms with Crippen LogP contribution in [-0.4, -0.2) is 27.5 Å². The lowest BCUT2D eigenvalue weighted by molar-refractivity contribution is 0.0360. The Bertz CT molecular complexity index is 510. The summed E-state index contributed by atoms with van der Waals surface area (Å²) < 4.78 is 1.61. The van der Waals surface area contributed by atoms with Gasteiger partial charge in [0, 0.05) is 0 Å². The molecule has 0 aliphatic heterocycles. The van der Waals surface area contributed by atoms with Crippen LogP contribution in [0.4, 0.5) is 0 Å². The fourth-order valence-corrected chi connectivity index (χ4v) is 1.44. The SMILES string of the molecule is CCONC(=O)c1cn(Cc2ccccc2)nn1. The van der Waals surface area contributed by atoms with Crippen LogP contribution in [0.1, 0.15) is 23.0 Å². The van der Waals surface area contributed by atoms with Gasteiger partial charge in [-0.25, -0.2) is 10.2 Å². The second-order valence-electron chi connectivity index (χ2n) is 3.65. The summed E-state index contributed by atoms with van der Waals surface area (Å²) in [4.78, 5) is 16.3. The fourth-order valence-electron chi connectivity index (χ4n) is 1.44. The number of hydrogen-bond acceptors (Lipinski definition) is 4. The molecule has 0 spiro atoms. The molecule has 18 heavy (non-hydrogen) atoms. The Hall–Kier alpha value is -2.21. The number of amides is 1. The number of rotatable bonds is 5. The molecule has 0 saturated heterocycles. The van der Waals surface area contributed by atoms with E-state index in [4.69, 9.17) is 4.84 Å². The van der Waals surface area contributed by atoms with Gasteiger partial charge in [-0.3, -0.25) is 9.63 Å². The van der Waals surface area contributed by atoms with Crippen molar-refractivity contribution in [3.05, 3.63) is 47.8 Å². The first-order valence-corrected chi connectivity index (χ1v) is 5.65. The summed E-state index contributed by atoms with van der Waals surface area (Å²) in [5.74, 6) is -0.392. The Morgan fingerprint density at radius 2 is 2.17 bits per heavy atom. The minimum atomic E-state index is -0.392. The van der Waals surface area contributed by atoms with Gasteiger partial charge < -0.3 is 0 Å². The minimum absolute atomic E-state index is 0.236. The molecule has 0 bridgehead atoms. The largest absolute Gasteiger partial charge is 0.296 e. The van der Waals surface area contributed by atoms with Crippen LogP contribution in [0.5, 0.6) is 0 Å². The van der Waals surface area contributed by atoms with E-state index >= 15 is 0 Å². The van der Waals surface area contributed by atoms with Gasteiger partial charge in [-0.15, -0.1) is 5.10 Å². The number of carbonyl (C=O) groups excluding carboxylic acids is 1. The number of nitrogens with zero attached hydrogens (tertiary/aromatic N) is 3. The highest BCUT2D eigenvalue weighted by Crippen LogP contribution is 2.02. The highest BCUT2D eigenvalue weighted by molar-refractivity contribution is 5.90. The van der Waals surface area contributed by atoms with Gasteiger partial charge in [0.15, 0.2) is 5.69 Å². The Kier molecular flexibility index (Phi) is 4.03. The Balaban J connectivity index is 2.00. The summed E-state index contributed by atoms with van der Waals surface area (Å²) in [6, 6.07) is 9.83.